The minimum absolute atomic E-state index is 0.199. The van der Waals surface area contributed by atoms with Crippen molar-refractivity contribution in [2.24, 2.45) is 0 Å². The van der Waals surface area contributed by atoms with Crippen LogP contribution < -0.4 is 11.4 Å². The molecule has 1 aliphatic carbocycles. The number of hydrogen-bond acceptors (Lipinski definition) is 6. The molecule has 3 aliphatic rings. The number of nitrogen functional groups attached to an aromatic ring is 1. The van der Waals surface area contributed by atoms with E-state index in [0.29, 0.717) is 0 Å². The lowest BCUT2D eigenvalue weighted by atomic mass is 9.87. The molecule has 132 valence electrons. The zero-order valence-corrected chi connectivity index (χ0v) is 14.4. The second-order valence-corrected chi connectivity index (χ2v) is 7.58. The molecule has 0 bridgehead atoms. The van der Waals surface area contributed by atoms with E-state index in [0.717, 1.165) is 32.1 Å². The number of anilines is 1. The van der Waals surface area contributed by atoms with Crippen molar-refractivity contribution in [2.75, 3.05) is 5.73 Å². The first kappa shape index (κ1) is 16.1. The smallest absolute Gasteiger partial charge is 0.351 e. The fourth-order valence-corrected chi connectivity index (χ4v) is 4.49. The molecule has 0 aromatic carbocycles. The van der Waals surface area contributed by atoms with Gasteiger partial charge in [-0.15, -0.1) is 0 Å². The molecule has 3 heterocycles. The Hall–Kier alpha value is -1.44. The van der Waals surface area contributed by atoms with Crippen molar-refractivity contribution in [1.82, 2.24) is 9.55 Å². The molecular weight excluding hydrogens is 310 g/mol. The molecule has 2 saturated heterocycles. The van der Waals surface area contributed by atoms with Crippen LogP contribution in [0.15, 0.2) is 17.1 Å². The number of nitrogens with two attached hydrogens (primary N) is 1. The Kier molecular flexibility index (Phi) is 3.37. The van der Waals surface area contributed by atoms with Gasteiger partial charge in [-0.05, 0) is 39.2 Å². The lowest BCUT2D eigenvalue weighted by Gasteiger charge is -2.32. The van der Waals surface area contributed by atoms with E-state index in [-0.39, 0.29) is 11.9 Å². The van der Waals surface area contributed by atoms with Crippen LogP contribution in [0, 0.1) is 0 Å². The summed E-state index contributed by atoms with van der Waals surface area (Å²) < 4.78 is 20.7. The number of ether oxygens (including phenoxy) is 3. The van der Waals surface area contributed by atoms with Crippen LogP contribution in [-0.2, 0) is 14.2 Å². The molecule has 7 heteroatoms. The van der Waals surface area contributed by atoms with E-state index in [1.54, 1.807) is 12.3 Å². The molecule has 1 saturated carbocycles. The summed E-state index contributed by atoms with van der Waals surface area (Å²) in [5.74, 6) is -0.340. The summed E-state index contributed by atoms with van der Waals surface area (Å²) in [6.45, 7) is 6.08. The molecule has 0 radical (unpaired) electrons. The predicted octanol–water partition coefficient (Wildman–Crippen LogP) is 1.97. The molecular formula is C17H25N3O4. The molecule has 24 heavy (non-hydrogen) atoms. The molecule has 7 nitrogen and oxygen atoms in total. The number of hydrogen-bond donors (Lipinski definition) is 1. The molecule has 0 amide bonds. The van der Waals surface area contributed by atoms with Crippen LogP contribution in [0.25, 0.3) is 0 Å². The first-order valence-corrected chi connectivity index (χ1v) is 8.72. The molecule has 2 N–H and O–H groups in total. The Bertz CT molecular complexity index is 714. The van der Waals surface area contributed by atoms with E-state index in [4.69, 9.17) is 19.9 Å². The third-order valence-corrected chi connectivity index (χ3v) is 5.86. The lowest BCUT2D eigenvalue weighted by molar-refractivity contribution is -0.245. The monoisotopic (exact) mass is 335 g/mol. The quantitative estimate of drug-likeness (QED) is 0.889. The third kappa shape index (κ3) is 2.08. The standard InChI is InChI=1S/C17H25N3O4/c1-4-15(2)12-16(3,24-17(22-12)8-5-6-9-17)13(23-15)20-10-7-11(18)19-14(20)21/h7,10,12-13H,4-6,8-9H2,1-3H3,(H2,18,19,21)/t12-,13-,15-,16-/m1/s1. The van der Waals surface area contributed by atoms with Gasteiger partial charge in [0.25, 0.3) is 0 Å². The van der Waals surface area contributed by atoms with E-state index in [2.05, 4.69) is 11.9 Å². The molecule has 2 aliphatic heterocycles. The summed E-state index contributed by atoms with van der Waals surface area (Å²) in [6.07, 6.45) is 5.54. The zero-order chi connectivity index (χ0) is 17.2. The summed E-state index contributed by atoms with van der Waals surface area (Å²) in [7, 11) is 0. The Morgan fingerprint density at radius 3 is 2.67 bits per heavy atom. The second-order valence-electron chi connectivity index (χ2n) is 7.58. The largest absolute Gasteiger partial charge is 0.383 e. The van der Waals surface area contributed by atoms with Crippen molar-refractivity contribution >= 4 is 5.82 Å². The van der Waals surface area contributed by atoms with Crippen molar-refractivity contribution in [2.45, 2.75) is 82.2 Å². The van der Waals surface area contributed by atoms with Crippen LogP contribution in [0.3, 0.4) is 0 Å². The van der Waals surface area contributed by atoms with Gasteiger partial charge in [0.2, 0.25) is 0 Å². The molecule has 1 spiro atoms. The zero-order valence-electron chi connectivity index (χ0n) is 14.4. The molecule has 4 atom stereocenters. The maximum atomic E-state index is 12.4. The summed E-state index contributed by atoms with van der Waals surface area (Å²) in [5, 5.41) is 0. The maximum absolute atomic E-state index is 12.4. The first-order valence-electron chi connectivity index (χ1n) is 8.72. The van der Waals surface area contributed by atoms with Gasteiger partial charge in [0, 0.05) is 19.0 Å². The predicted molar refractivity (Wildman–Crippen MR) is 87.3 cm³/mol. The second kappa shape index (κ2) is 5.03. The fourth-order valence-electron chi connectivity index (χ4n) is 4.49. The number of fused-ring (bicyclic) bond motifs is 1. The Morgan fingerprint density at radius 2 is 2.04 bits per heavy atom. The van der Waals surface area contributed by atoms with Crippen LogP contribution in [-0.4, -0.2) is 32.6 Å². The highest BCUT2D eigenvalue weighted by Crippen LogP contribution is 2.58. The van der Waals surface area contributed by atoms with Gasteiger partial charge in [0.15, 0.2) is 12.0 Å². The Labute approximate surface area is 141 Å². The van der Waals surface area contributed by atoms with Crippen molar-refractivity contribution in [3.8, 4) is 0 Å². The Morgan fingerprint density at radius 1 is 1.33 bits per heavy atom. The van der Waals surface area contributed by atoms with Crippen LogP contribution in [0.4, 0.5) is 5.82 Å². The fraction of sp³-hybridized carbons (Fsp3) is 0.765. The number of rotatable bonds is 2. The molecule has 0 unspecified atom stereocenters. The third-order valence-electron chi connectivity index (χ3n) is 5.86. The van der Waals surface area contributed by atoms with E-state index in [1.165, 1.54) is 4.57 Å². The van der Waals surface area contributed by atoms with Crippen LogP contribution in [0.1, 0.15) is 59.1 Å². The lowest BCUT2D eigenvalue weighted by Crippen LogP contribution is -2.46. The SMILES string of the molecule is CC[C@@]1(C)O[C@@H](n2ccc(N)nc2=O)[C@]2(C)OC3(CCCC3)O[C@@H]21. The minimum atomic E-state index is -0.739. The van der Waals surface area contributed by atoms with E-state index < -0.39 is 28.9 Å². The highest BCUT2D eigenvalue weighted by molar-refractivity contribution is 5.24. The highest BCUT2D eigenvalue weighted by Gasteiger charge is 2.70. The molecule has 3 fully saturated rings. The van der Waals surface area contributed by atoms with Crippen molar-refractivity contribution in [3.63, 3.8) is 0 Å². The summed E-state index contributed by atoms with van der Waals surface area (Å²) in [5.41, 5.74) is 3.92. The van der Waals surface area contributed by atoms with E-state index in [9.17, 15) is 4.79 Å². The molecule has 1 aromatic rings. The van der Waals surface area contributed by atoms with E-state index >= 15 is 0 Å². The number of nitrogens with zero attached hydrogens (tertiary/aromatic N) is 2. The average molecular weight is 335 g/mol. The normalized spacial score (nSPS) is 40.3. The van der Waals surface area contributed by atoms with Crippen LogP contribution in [0.5, 0.6) is 0 Å². The molecule has 4 rings (SSSR count). The van der Waals surface area contributed by atoms with Gasteiger partial charge in [0.1, 0.15) is 17.5 Å². The minimum Gasteiger partial charge on any atom is -0.383 e. The molecule has 1 aromatic heterocycles. The van der Waals surface area contributed by atoms with Gasteiger partial charge in [-0.1, -0.05) is 6.92 Å². The van der Waals surface area contributed by atoms with Gasteiger partial charge in [0.05, 0.1) is 5.60 Å². The summed E-state index contributed by atoms with van der Waals surface area (Å²) >= 11 is 0. The summed E-state index contributed by atoms with van der Waals surface area (Å²) in [6, 6.07) is 1.60. The van der Waals surface area contributed by atoms with Gasteiger partial charge < -0.3 is 19.9 Å². The van der Waals surface area contributed by atoms with Gasteiger partial charge >= 0.3 is 5.69 Å². The van der Waals surface area contributed by atoms with Crippen molar-refractivity contribution < 1.29 is 14.2 Å². The van der Waals surface area contributed by atoms with Gasteiger partial charge in [-0.2, -0.15) is 4.98 Å². The topological polar surface area (TPSA) is 88.6 Å². The number of aromatic nitrogens is 2. The van der Waals surface area contributed by atoms with Crippen molar-refractivity contribution in [3.05, 3.63) is 22.7 Å². The highest BCUT2D eigenvalue weighted by atomic mass is 16.8. The average Bonchev–Trinajstić information content (AvgIpc) is 3.16. The summed E-state index contributed by atoms with van der Waals surface area (Å²) in [4.78, 5) is 16.2. The van der Waals surface area contributed by atoms with Crippen LogP contribution >= 0.6 is 0 Å². The van der Waals surface area contributed by atoms with Gasteiger partial charge in [-0.3, -0.25) is 4.57 Å². The maximum Gasteiger partial charge on any atom is 0.351 e. The van der Waals surface area contributed by atoms with Crippen molar-refractivity contribution in [1.29, 1.82) is 0 Å². The Balaban J connectivity index is 1.79. The van der Waals surface area contributed by atoms with E-state index in [1.807, 2.05) is 13.8 Å². The van der Waals surface area contributed by atoms with Crippen LogP contribution in [0.2, 0.25) is 0 Å². The first-order chi connectivity index (χ1) is 11.3. The van der Waals surface area contributed by atoms with Gasteiger partial charge in [-0.25, -0.2) is 4.79 Å².